The van der Waals surface area contributed by atoms with Gasteiger partial charge in [0.05, 0.1) is 40.9 Å². The Morgan fingerprint density at radius 1 is 0.849 bits per heavy atom. The highest BCUT2D eigenvalue weighted by Gasteiger charge is 2.23. The molecular weight excluding hydrogens is 714 g/mol. The summed E-state index contributed by atoms with van der Waals surface area (Å²) in [5, 5.41) is 7.20. The standard InChI is InChI=1S/C39H48ClN7O5S/c1-3-5-7-8-9-10-11-12-13-17-23-52-39(50)28-20-21-30(40)31(24-28)44-35-34(38(49)47(45-35)29-18-15-14-16-19-29)46-27-43-33-36(46)41-26-42-37(33)53-25-32(48)51-22-6-4-2/h14-16,18-21,24,26-27,44-45H,3-13,17,22-23,25H2,1-2H3. The number of thioether (sulfide) groups is 1. The number of aromatic amines is 1. The lowest BCUT2D eigenvalue weighted by Crippen LogP contribution is -2.18. The summed E-state index contributed by atoms with van der Waals surface area (Å²) in [6, 6.07) is 13.9. The number of anilines is 2. The molecule has 0 radical (unpaired) electrons. The average Bonchev–Trinajstić information content (AvgIpc) is 3.74. The lowest BCUT2D eigenvalue weighted by Gasteiger charge is -2.11. The van der Waals surface area contributed by atoms with Gasteiger partial charge in [-0.15, -0.1) is 0 Å². The van der Waals surface area contributed by atoms with Gasteiger partial charge in [-0.25, -0.2) is 24.4 Å². The van der Waals surface area contributed by atoms with Crippen molar-refractivity contribution < 1.29 is 19.1 Å². The highest BCUT2D eigenvalue weighted by Crippen LogP contribution is 2.31. The third-order valence-electron chi connectivity index (χ3n) is 8.70. The van der Waals surface area contributed by atoms with E-state index >= 15 is 0 Å². The molecule has 0 saturated carbocycles. The van der Waals surface area contributed by atoms with Crippen molar-refractivity contribution in [2.45, 2.75) is 95.9 Å². The van der Waals surface area contributed by atoms with Crippen molar-refractivity contribution in [2.24, 2.45) is 0 Å². The van der Waals surface area contributed by atoms with E-state index in [1.807, 2.05) is 25.1 Å². The van der Waals surface area contributed by atoms with E-state index in [-0.39, 0.29) is 23.2 Å². The third-order valence-corrected chi connectivity index (χ3v) is 9.98. The predicted octanol–water partition coefficient (Wildman–Crippen LogP) is 9.20. The van der Waals surface area contributed by atoms with E-state index in [1.165, 1.54) is 74.0 Å². The molecule has 3 heterocycles. The smallest absolute Gasteiger partial charge is 0.338 e. The van der Waals surface area contributed by atoms with Crippen molar-refractivity contribution in [3.05, 3.63) is 82.1 Å². The molecule has 5 rings (SSSR count). The number of hydrogen-bond donors (Lipinski definition) is 2. The van der Waals surface area contributed by atoms with Crippen LogP contribution in [0, 0.1) is 0 Å². The van der Waals surface area contributed by atoms with Gasteiger partial charge in [-0.2, -0.15) is 0 Å². The van der Waals surface area contributed by atoms with Gasteiger partial charge in [0.2, 0.25) is 0 Å². The first-order valence-corrected chi connectivity index (χ1v) is 19.9. The van der Waals surface area contributed by atoms with Crippen LogP contribution in [0.25, 0.3) is 22.5 Å². The summed E-state index contributed by atoms with van der Waals surface area (Å²) >= 11 is 7.82. The highest BCUT2D eigenvalue weighted by atomic mass is 35.5. The fourth-order valence-corrected chi connectivity index (χ4v) is 6.71. The van der Waals surface area contributed by atoms with Crippen LogP contribution in [0.1, 0.15) is 101 Å². The van der Waals surface area contributed by atoms with Gasteiger partial charge in [-0.05, 0) is 43.2 Å². The van der Waals surface area contributed by atoms with Gasteiger partial charge in [0.1, 0.15) is 23.2 Å². The summed E-state index contributed by atoms with van der Waals surface area (Å²) in [6.07, 6.45) is 16.5. The summed E-state index contributed by atoms with van der Waals surface area (Å²) in [6.45, 7) is 4.97. The van der Waals surface area contributed by atoms with Gasteiger partial charge in [0, 0.05) is 0 Å². The maximum absolute atomic E-state index is 14.1. The minimum atomic E-state index is -0.451. The van der Waals surface area contributed by atoms with Gasteiger partial charge in [-0.1, -0.05) is 120 Å². The molecule has 0 unspecified atom stereocenters. The van der Waals surface area contributed by atoms with E-state index < -0.39 is 11.5 Å². The number of rotatable bonds is 22. The molecule has 282 valence electrons. The first kappa shape index (κ1) is 39.6. The number of hydrogen-bond acceptors (Lipinski definition) is 10. The van der Waals surface area contributed by atoms with Crippen LogP contribution in [0.4, 0.5) is 11.5 Å². The van der Waals surface area contributed by atoms with Gasteiger partial charge in [0.25, 0.3) is 5.56 Å². The number of unbranched alkanes of at least 4 members (excludes halogenated alkanes) is 10. The molecule has 2 aromatic carbocycles. The molecule has 14 heteroatoms. The number of carbonyl (C=O) groups excluding carboxylic acids is 2. The van der Waals surface area contributed by atoms with Crippen LogP contribution in [0.5, 0.6) is 0 Å². The van der Waals surface area contributed by atoms with Crippen molar-refractivity contribution in [2.75, 3.05) is 24.3 Å². The van der Waals surface area contributed by atoms with Crippen LogP contribution in [-0.4, -0.2) is 60.2 Å². The normalized spacial score (nSPS) is 11.2. The number of fused-ring (bicyclic) bond motifs is 1. The van der Waals surface area contributed by atoms with Crippen LogP contribution in [0.3, 0.4) is 0 Å². The SMILES string of the molecule is CCCCCCCCCCCCOC(=O)c1ccc(Cl)c(Nc2[nH]n(-c3ccccc3)c(=O)c2-n2cnc3c(SCC(=O)OCCCC)ncnc32)c1. The maximum Gasteiger partial charge on any atom is 0.338 e. The van der Waals surface area contributed by atoms with E-state index in [9.17, 15) is 14.4 Å². The molecule has 0 aliphatic heterocycles. The van der Waals surface area contributed by atoms with Gasteiger partial charge >= 0.3 is 11.9 Å². The molecule has 0 aliphatic carbocycles. The molecular formula is C39H48ClN7O5S. The van der Waals surface area contributed by atoms with E-state index in [2.05, 4.69) is 32.3 Å². The zero-order valence-corrected chi connectivity index (χ0v) is 32.0. The lowest BCUT2D eigenvalue weighted by molar-refractivity contribution is -0.140. The molecule has 0 fully saturated rings. The first-order chi connectivity index (χ1) is 25.9. The second kappa shape index (κ2) is 20.6. The van der Waals surface area contributed by atoms with Crippen molar-refractivity contribution >= 4 is 58.0 Å². The molecule has 3 aromatic heterocycles. The Labute approximate surface area is 319 Å². The molecule has 0 atom stereocenters. The molecule has 0 amide bonds. The minimum absolute atomic E-state index is 0.0526. The Bertz CT molecular complexity index is 2000. The largest absolute Gasteiger partial charge is 0.465 e. The number of esters is 2. The van der Waals surface area contributed by atoms with Crippen LogP contribution >= 0.6 is 23.4 Å². The molecule has 2 N–H and O–H groups in total. The summed E-state index contributed by atoms with van der Waals surface area (Å²) in [4.78, 5) is 52.8. The Kier molecular flexibility index (Phi) is 15.4. The Hall–Kier alpha value is -4.62. The molecule has 0 spiro atoms. The van der Waals surface area contributed by atoms with Crippen LogP contribution in [0.15, 0.2) is 71.0 Å². The van der Waals surface area contributed by atoms with E-state index in [0.717, 1.165) is 32.1 Å². The van der Waals surface area contributed by atoms with Crippen molar-refractivity contribution in [3.63, 3.8) is 0 Å². The number of H-pyrrole nitrogens is 1. The average molecular weight is 762 g/mol. The monoisotopic (exact) mass is 761 g/mol. The second-order valence-electron chi connectivity index (χ2n) is 12.8. The number of para-hydroxylation sites is 1. The second-order valence-corrected chi connectivity index (χ2v) is 14.1. The van der Waals surface area contributed by atoms with Gasteiger partial charge < -0.3 is 14.8 Å². The molecule has 0 aliphatic rings. The Balaban J connectivity index is 1.32. The first-order valence-electron chi connectivity index (χ1n) is 18.5. The molecule has 0 saturated heterocycles. The fourth-order valence-electron chi connectivity index (χ4n) is 5.80. The summed E-state index contributed by atoms with van der Waals surface area (Å²) in [7, 11) is 0. The Morgan fingerprint density at radius 2 is 1.55 bits per heavy atom. The summed E-state index contributed by atoms with van der Waals surface area (Å²) in [5.41, 5.74) is 1.87. The zero-order valence-electron chi connectivity index (χ0n) is 30.4. The van der Waals surface area contributed by atoms with E-state index in [4.69, 9.17) is 21.1 Å². The quantitative estimate of drug-likeness (QED) is 0.0303. The number of halogens is 1. The number of nitrogens with one attached hydrogen (secondary N) is 2. The molecule has 53 heavy (non-hydrogen) atoms. The fraction of sp³-hybridized carbons (Fsp3) is 0.436. The van der Waals surface area contributed by atoms with Gasteiger partial charge in [-0.3, -0.25) is 19.3 Å². The third kappa shape index (κ3) is 11.0. The van der Waals surface area contributed by atoms with Crippen LogP contribution < -0.4 is 10.9 Å². The number of benzene rings is 2. The molecule has 0 bridgehead atoms. The summed E-state index contributed by atoms with van der Waals surface area (Å²) in [5.74, 6) is -0.466. The number of carbonyl (C=O) groups is 2. The number of ether oxygens (including phenoxy) is 2. The molecule has 12 nitrogen and oxygen atoms in total. The van der Waals surface area contributed by atoms with E-state index in [0.29, 0.717) is 51.4 Å². The summed E-state index contributed by atoms with van der Waals surface area (Å²) < 4.78 is 13.8. The highest BCUT2D eigenvalue weighted by molar-refractivity contribution is 8.00. The Morgan fingerprint density at radius 3 is 2.28 bits per heavy atom. The number of aromatic nitrogens is 6. The van der Waals surface area contributed by atoms with Crippen LogP contribution in [0.2, 0.25) is 5.02 Å². The number of imidazole rings is 1. The maximum atomic E-state index is 14.1. The van der Waals surface area contributed by atoms with Gasteiger partial charge in [0.15, 0.2) is 17.2 Å². The predicted molar refractivity (Wildman–Crippen MR) is 210 cm³/mol. The minimum Gasteiger partial charge on any atom is -0.465 e. The number of nitrogens with zero attached hydrogens (tertiary/aromatic N) is 5. The van der Waals surface area contributed by atoms with Crippen molar-refractivity contribution in [3.8, 4) is 11.4 Å². The lowest BCUT2D eigenvalue weighted by atomic mass is 10.1. The van der Waals surface area contributed by atoms with Crippen molar-refractivity contribution in [1.29, 1.82) is 0 Å². The van der Waals surface area contributed by atoms with Crippen molar-refractivity contribution in [1.82, 2.24) is 29.3 Å². The zero-order chi connectivity index (χ0) is 37.4. The molecule has 5 aromatic rings. The topological polar surface area (TPSA) is 146 Å². The van der Waals surface area contributed by atoms with Crippen LogP contribution in [-0.2, 0) is 14.3 Å². The van der Waals surface area contributed by atoms with E-state index in [1.54, 1.807) is 34.9 Å².